The fourth-order valence-corrected chi connectivity index (χ4v) is 2.30. The molecule has 0 bridgehead atoms. The van der Waals surface area contributed by atoms with Crippen LogP contribution in [0.4, 0.5) is 4.39 Å². The first-order chi connectivity index (χ1) is 9.06. The molecule has 1 aromatic heterocycles. The number of hydrogen-bond acceptors (Lipinski definition) is 2. The largest absolute Gasteiger partial charge is 0.325 e. The van der Waals surface area contributed by atoms with Crippen molar-refractivity contribution in [3.8, 4) is 17.2 Å². The SMILES string of the molecule is Cc1cc(-c2ccc(F)c(CBr)c2)c(C#N)c(=O)[nH]1. The van der Waals surface area contributed by atoms with Gasteiger partial charge in [-0.3, -0.25) is 4.79 Å². The molecule has 0 saturated heterocycles. The van der Waals surface area contributed by atoms with Crippen molar-refractivity contribution < 1.29 is 4.39 Å². The van der Waals surface area contributed by atoms with Crippen LogP contribution in [0.5, 0.6) is 0 Å². The lowest BCUT2D eigenvalue weighted by Gasteiger charge is -2.07. The minimum Gasteiger partial charge on any atom is -0.325 e. The summed E-state index contributed by atoms with van der Waals surface area (Å²) < 4.78 is 13.5. The number of nitrogens with zero attached hydrogens (tertiary/aromatic N) is 1. The van der Waals surface area contributed by atoms with E-state index < -0.39 is 5.56 Å². The van der Waals surface area contributed by atoms with Gasteiger partial charge in [-0.05, 0) is 36.2 Å². The van der Waals surface area contributed by atoms with E-state index in [4.69, 9.17) is 5.26 Å². The number of benzene rings is 1. The van der Waals surface area contributed by atoms with Crippen LogP contribution in [0.15, 0.2) is 29.1 Å². The van der Waals surface area contributed by atoms with Crippen molar-refractivity contribution in [1.82, 2.24) is 4.98 Å². The van der Waals surface area contributed by atoms with Gasteiger partial charge in [0.2, 0.25) is 0 Å². The third-order valence-corrected chi connectivity index (χ3v) is 3.38. The van der Waals surface area contributed by atoms with E-state index in [1.165, 1.54) is 6.07 Å². The lowest BCUT2D eigenvalue weighted by atomic mass is 9.99. The summed E-state index contributed by atoms with van der Waals surface area (Å²) in [7, 11) is 0. The highest BCUT2D eigenvalue weighted by molar-refractivity contribution is 9.08. The monoisotopic (exact) mass is 320 g/mol. The van der Waals surface area contributed by atoms with Gasteiger partial charge in [-0.2, -0.15) is 5.26 Å². The Kier molecular flexibility index (Phi) is 3.82. The lowest BCUT2D eigenvalue weighted by molar-refractivity contribution is 0.618. The van der Waals surface area contributed by atoms with E-state index in [0.717, 1.165) is 0 Å². The molecular formula is C14H10BrFN2O. The van der Waals surface area contributed by atoms with E-state index in [9.17, 15) is 9.18 Å². The Labute approximate surface area is 117 Å². The van der Waals surface area contributed by atoms with Crippen LogP contribution < -0.4 is 5.56 Å². The standard InChI is InChI=1S/C14H10BrFN2O/c1-8-4-11(12(7-17)14(19)18-8)9-2-3-13(16)10(5-9)6-15/h2-5H,6H2,1H3,(H,18,19). The third kappa shape index (κ3) is 2.59. The Bertz CT molecular complexity index is 731. The van der Waals surface area contributed by atoms with E-state index in [0.29, 0.717) is 27.7 Å². The van der Waals surface area contributed by atoms with E-state index in [2.05, 4.69) is 20.9 Å². The quantitative estimate of drug-likeness (QED) is 0.863. The van der Waals surface area contributed by atoms with Crippen LogP contribution in [0.1, 0.15) is 16.8 Å². The molecule has 0 spiro atoms. The third-order valence-electron chi connectivity index (χ3n) is 2.78. The van der Waals surface area contributed by atoms with Gasteiger partial charge in [-0.1, -0.05) is 22.0 Å². The van der Waals surface area contributed by atoms with Gasteiger partial charge >= 0.3 is 0 Å². The number of pyridine rings is 1. The van der Waals surface area contributed by atoms with Crippen LogP contribution >= 0.6 is 15.9 Å². The molecule has 0 aliphatic rings. The maximum atomic E-state index is 13.5. The maximum Gasteiger partial charge on any atom is 0.266 e. The van der Waals surface area contributed by atoms with Crippen LogP contribution in [0, 0.1) is 24.1 Å². The average molecular weight is 321 g/mol. The van der Waals surface area contributed by atoms with Crippen molar-refractivity contribution in [2.45, 2.75) is 12.3 Å². The second-order valence-corrected chi connectivity index (χ2v) is 4.68. The molecular weight excluding hydrogens is 311 g/mol. The summed E-state index contributed by atoms with van der Waals surface area (Å²) in [5.74, 6) is -0.319. The lowest BCUT2D eigenvalue weighted by Crippen LogP contribution is -2.12. The van der Waals surface area contributed by atoms with E-state index >= 15 is 0 Å². The second kappa shape index (κ2) is 5.37. The fourth-order valence-electron chi connectivity index (χ4n) is 1.87. The van der Waals surface area contributed by atoms with Gasteiger partial charge in [0.1, 0.15) is 17.4 Å². The molecule has 0 atom stereocenters. The van der Waals surface area contributed by atoms with Crippen LogP contribution in [0.25, 0.3) is 11.1 Å². The number of H-pyrrole nitrogens is 1. The molecule has 0 fully saturated rings. The van der Waals surface area contributed by atoms with Crippen molar-refractivity contribution in [1.29, 1.82) is 5.26 Å². The highest BCUT2D eigenvalue weighted by Gasteiger charge is 2.12. The van der Waals surface area contributed by atoms with Gasteiger partial charge in [0, 0.05) is 16.6 Å². The summed E-state index contributed by atoms with van der Waals surface area (Å²) in [6.07, 6.45) is 0. The smallest absolute Gasteiger partial charge is 0.266 e. The van der Waals surface area contributed by atoms with Crippen molar-refractivity contribution in [3.05, 3.63) is 57.3 Å². The zero-order valence-electron chi connectivity index (χ0n) is 10.1. The van der Waals surface area contributed by atoms with Crippen LogP contribution in [-0.2, 0) is 5.33 Å². The molecule has 0 aliphatic carbocycles. The molecule has 0 unspecified atom stereocenters. The normalized spacial score (nSPS) is 10.2. The number of rotatable bonds is 2. The van der Waals surface area contributed by atoms with Gasteiger partial charge in [0.25, 0.3) is 5.56 Å². The molecule has 0 radical (unpaired) electrons. The van der Waals surface area contributed by atoms with Crippen molar-refractivity contribution in [2.75, 3.05) is 0 Å². The predicted molar refractivity (Wildman–Crippen MR) is 74.5 cm³/mol. The Balaban J connectivity index is 2.72. The summed E-state index contributed by atoms with van der Waals surface area (Å²) in [6, 6.07) is 8.15. The molecule has 19 heavy (non-hydrogen) atoms. The van der Waals surface area contributed by atoms with E-state index in [1.807, 2.05) is 6.07 Å². The Morgan fingerprint density at radius 1 is 1.42 bits per heavy atom. The molecule has 96 valence electrons. The molecule has 1 heterocycles. The number of aromatic nitrogens is 1. The number of halogens is 2. The van der Waals surface area contributed by atoms with Gasteiger partial charge in [-0.25, -0.2) is 4.39 Å². The van der Waals surface area contributed by atoms with Crippen LogP contribution in [0.2, 0.25) is 0 Å². The van der Waals surface area contributed by atoms with E-state index in [1.54, 1.807) is 25.1 Å². The topological polar surface area (TPSA) is 56.6 Å². The number of nitriles is 1. The average Bonchev–Trinajstić information content (AvgIpc) is 2.38. The van der Waals surface area contributed by atoms with Crippen molar-refractivity contribution in [2.24, 2.45) is 0 Å². The summed E-state index contributed by atoms with van der Waals surface area (Å²) in [4.78, 5) is 14.3. The van der Waals surface area contributed by atoms with Gasteiger partial charge in [0.05, 0.1) is 0 Å². The van der Waals surface area contributed by atoms with Crippen LogP contribution in [0.3, 0.4) is 0 Å². The summed E-state index contributed by atoms with van der Waals surface area (Å²) in [5, 5.41) is 9.45. The zero-order chi connectivity index (χ0) is 14.0. The molecule has 0 aliphatic heterocycles. The van der Waals surface area contributed by atoms with Crippen LogP contribution in [-0.4, -0.2) is 4.98 Å². The van der Waals surface area contributed by atoms with Gasteiger partial charge in [-0.15, -0.1) is 0 Å². The number of aromatic amines is 1. The second-order valence-electron chi connectivity index (χ2n) is 4.12. The van der Waals surface area contributed by atoms with Gasteiger partial charge in [0.15, 0.2) is 0 Å². The molecule has 3 nitrogen and oxygen atoms in total. The Hall–Kier alpha value is -1.93. The first-order valence-corrected chi connectivity index (χ1v) is 6.67. The van der Waals surface area contributed by atoms with Crippen molar-refractivity contribution >= 4 is 15.9 Å². The molecule has 2 aromatic rings. The highest BCUT2D eigenvalue weighted by atomic mass is 79.9. The highest BCUT2D eigenvalue weighted by Crippen LogP contribution is 2.25. The number of alkyl halides is 1. The molecule has 0 saturated carbocycles. The van der Waals surface area contributed by atoms with Crippen molar-refractivity contribution in [3.63, 3.8) is 0 Å². The molecule has 5 heteroatoms. The molecule has 1 N–H and O–H groups in total. The first kappa shape index (κ1) is 13.5. The first-order valence-electron chi connectivity index (χ1n) is 5.55. The molecule has 0 amide bonds. The van der Waals surface area contributed by atoms with Gasteiger partial charge < -0.3 is 4.98 Å². The summed E-state index contributed by atoms with van der Waals surface area (Å²) >= 11 is 3.21. The summed E-state index contributed by atoms with van der Waals surface area (Å²) in [5.41, 5.74) is 1.93. The summed E-state index contributed by atoms with van der Waals surface area (Å²) in [6.45, 7) is 1.74. The zero-order valence-corrected chi connectivity index (χ0v) is 11.7. The Morgan fingerprint density at radius 2 is 2.16 bits per heavy atom. The Morgan fingerprint density at radius 3 is 2.79 bits per heavy atom. The minimum atomic E-state index is -0.429. The number of nitrogens with one attached hydrogen (secondary N) is 1. The minimum absolute atomic E-state index is 0.0396. The fraction of sp³-hybridized carbons (Fsp3) is 0.143. The van der Waals surface area contributed by atoms with E-state index in [-0.39, 0.29) is 11.4 Å². The molecule has 2 rings (SSSR count). The number of aryl methyl sites for hydroxylation is 1. The molecule has 1 aromatic carbocycles. The maximum absolute atomic E-state index is 13.5. The number of hydrogen-bond donors (Lipinski definition) is 1. The predicted octanol–water partition coefficient (Wildman–Crippen LogP) is 3.26.